The molecule has 0 saturated carbocycles. The molecule has 2 atom stereocenters. The van der Waals surface area contributed by atoms with Gasteiger partial charge in [0.15, 0.2) is 0 Å². The molecule has 2 unspecified atom stereocenters. The Labute approximate surface area is 129 Å². The fraction of sp³-hybridized carbons (Fsp3) is 0.615. The highest BCUT2D eigenvalue weighted by Gasteiger charge is 2.37. The van der Waals surface area contributed by atoms with Gasteiger partial charge < -0.3 is 10.2 Å². The van der Waals surface area contributed by atoms with E-state index in [9.17, 15) is 14.4 Å². The molecule has 1 aromatic heterocycles. The maximum Gasteiger partial charge on any atom is 0.328 e. The number of H-pyrrole nitrogens is 1. The second-order valence-electron chi connectivity index (χ2n) is 5.54. The highest BCUT2D eigenvalue weighted by atomic mass is 79.9. The minimum atomic E-state index is -0.558. The van der Waals surface area contributed by atoms with Crippen molar-refractivity contribution < 1.29 is 4.79 Å². The number of halogens is 1. The van der Waals surface area contributed by atoms with Crippen molar-refractivity contribution in [3.8, 4) is 0 Å². The summed E-state index contributed by atoms with van der Waals surface area (Å²) in [6.45, 7) is 1.70. The number of amides is 1. The average molecular weight is 357 g/mol. The molecule has 0 aliphatic carbocycles. The molecular formula is C13H17BrN4O3. The minimum Gasteiger partial charge on any atom is -0.334 e. The molecule has 2 aliphatic rings. The predicted molar refractivity (Wildman–Crippen MR) is 80.2 cm³/mol. The molecule has 8 heteroatoms. The number of fused-ring (bicyclic) bond motifs is 2. The molecule has 3 rings (SSSR count). The standard InChI is InChI=1S/C13H17BrN4O3/c14-10-6-17(13(21)16-12(10)20)7-11(19)18-8-1-2-9(18)5-15-4-3-8/h6,8-9,15H,1-5,7H2,(H,16,20,21). The van der Waals surface area contributed by atoms with Gasteiger partial charge >= 0.3 is 5.69 Å². The normalized spacial score (nSPS) is 24.9. The van der Waals surface area contributed by atoms with Crippen molar-refractivity contribution in [3.05, 3.63) is 31.5 Å². The lowest BCUT2D eigenvalue weighted by Crippen LogP contribution is -2.45. The van der Waals surface area contributed by atoms with Crippen molar-refractivity contribution >= 4 is 21.8 Å². The molecule has 2 saturated heterocycles. The summed E-state index contributed by atoms with van der Waals surface area (Å²) >= 11 is 3.08. The molecule has 2 bridgehead atoms. The monoisotopic (exact) mass is 356 g/mol. The number of nitrogens with zero attached hydrogens (tertiary/aromatic N) is 2. The van der Waals surface area contributed by atoms with Crippen LogP contribution in [0.25, 0.3) is 0 Å². The highest BCUT2D eigenvalue weighted by Crippen LogP contribution is 2.28. The SMILES string of the molecule is O=C(Cn1cc(Br)c(=O)[nH]c1=O)N1C2CCNCC1CC2. The van der Waals surface area contributed by atoms with Gasteiger partial charge in [0.05, 0.1) is 4.47 Å². The van der Waals surface area contributed by atoms with E-state index in [0.717, 1.165) is 32.4 Å². The average Bonchev–Trinajstić information content (AvgIpc) is 2.69. The third kappa shape index (κ3) is 2.82. The summed E-state index contributed by atoms with van der Waals surface area (Å²) in [6, 6.07) is 0.478. The van der Waals surface area contributed by atoms with Crippen LogP contribution in [0.2, 0.25) is 0 Å². The van der Waals surface area contributed by atoms with Crippen LogP contribution in [0.1, 0.15) is 19.3 Å². The number of hydrogen-bond acceptors (Lipinski definition) is 4. The summed E-state index contributed by atoms with van der Waals surface area (Å²) in [7, 11) is 0. The Morgan fingerprint density at radius 3 is 2.86 bits per heavy atom. The van der Waals surface area contributed by atoms with Gasteiger partial charge in [0.1, 0.15) is 6.54 Å². The fourth-order valence-corrected chi connectivity index (χ4v) is 3.56. The Morgan fingerprint density at radius 2 is 2.05 bits per heavy atom. The highest BCUT2D eigenvalue weighted by molar-refractivity contribution is 9.10. The number of carbonyl (C=O) groups is 1. The van der Waals surface area contributed by atoms with E-state index >= 15 is 0 Å². The summed E-state index contributed by atoms with van der Waals surface area (Å²) in [5.74, 6) is -0.0627. The Kier molecular flexibility index (Phi) is 3.99. The van der Waals surface area contributed by atoms with Crippen LogP contribution in [-0.2, 0) is 11.3 Å². The Hall–Kier alpha value is -1.41. The van der Waals surface area contributed by atoms with E-state index in [2.05, 4.69) is 26.2 Å². The lowest BCUT2D eigenvalue weighted by Gasteiger charge is -2.28. The first-order valence-electron chi connectivity index (χ1n) is 7.07. The number of aromatic amines is 1. The summed E-state index contributed by atoms with van der Waals surface area (Å²) in [4.78, 5) is 39.8. The van der Waals surface area contributed by atoms with E-state index in [4.69, 9.17) is 0 Å². The van der Waals surface area contributed by atoms with E-state index in [1.54, 1.807) is 0 Å². The molecule has 2 fully saturated rings. The van der Waals surface area contributed by atoms with Gasteiger partial charge in [0.25, 0.3) is 5.56 Å². The topological polar surface area (TPSA) is 87.2 Å². The first-order valence-corrected chi connectivity index (χ1v) is 7.86. The first kappa shape index (κ1) is 14.5. The quantitative estimate of drug-likeness (QED) is 0.758. The van der Waals surface area contributed by atoms with Gasteiger partial charge in [0, 0.05) is 24.8 Å². The van der Waals surface area contributed by atoms with Crippen LogP contribution in [0.5, 0.6) is 0 Å². The van der Waals surface area contributed by atoms with Crippen LogP contribution in [0.3, 0.4) is 0 Å². The van der Waals surface area contributed by atoms with Crippen molar-refractivity contribution in [2.75, 3.05) is 13.1 Å². The van der Waals surface area contributed by atoms with Crippen molar-refractivity contribution in [2.24, 2.45) is 0 Å². The maximum absolute atomic E-state index is 12.6. The molecule has 1 aromatic rings. The third-order valence-corrected chi connectivity index (χ3v) is 4.78. The minimum absolute atomic E-state index is 0.0405. The first-order chi connectivity index (χ1) is 10.1. The van der Waals surface area contributed by atoms with E-state index < -0.39 is 11.2 Å². The number of nitrogens with one attached hydrogen (secondary N) is 2. The second-order valence-corrected chi connectivity index (χ2v) is 6.40. The van der Waals surface area contributed by atoms with Crippen LogP contribution in [0.15, 0.2) is 20.3 Å². The zero-order chi connectivity index (χ0) is 15.0. The summed E-state index contributed by atoms with van der Waals surface area (Å²) < 4.78 is 1.49. The zero-order valence-electron chi connectivity index (χ0n) is 11.5. The largest absolute Gasteiger partial charge is 0.334 e. The van der Waals surface area contributed by atoms with Crippen LogP contribution in [-0.4, -0.2) is 45.5 Å². The molecule has 0 spiro atoms. The number of aromatic nitrogens is 2. The summed E-state index contributed by atoms with van der Waals surface area (Å²) in [5, 5.41) is 3.34. The number of rotatable bonds is 2. The van der Waals surface area contributed by atoms with Gasteiger partial charge in [-0.1, -0.05) is 0 Å². The third-order valence-electron chi connectivity index (χ3n) is 4.22. The molecule has 114 valence electrons. The lowest BCUT2D eigenvalue weighted by molar-refractivity contribution is -0.134. The smallest absolute Gasteiger partial charge is 0.328 e. The van der Waals surface area contributed by atoms with Crippen molar-refractivity contribution in [2.45, 2.75) is 37.9 Å². The summed E-state index contributed by atoms with van der Waals surface area (Å²) in [5.41, 5.74) is -1.04. The van der Waals surface area contributed by atoms with E-state index in [1.807, 2.05) is 4.90 Å². The van der Waals surface area contributed by atoms with Crippen molar-refractivity contribution in [1.82, 2.24) is 19.8 Å². The molecule has 0 aromatic carbocycles. The molecule has 7 nitrogen and oxygen atoms in total. The van der Waals surface area contributed by atoms with Crippen LogP contribution < -0.4 is 16.6 Å². The maximum atomic E-state index is 12.6. The van der Waals surface area contributed by atoms with Gasteiger partial charge in [-0.3, -0.25) is 19.1 Å². The number of carbonyl (C=O) groups excluding carboxylic acids is 1. The van der Waals surface area contributed by atoms with E-state index in [0.29, 0.717) is 0 Å². The van der Waals surface area contributed by atoms with Crippen LogP contribution in [0, 0.1) is 0 Å². The van der Waals surface area contributed by atoms with Crippen LogP contribution >= 0.6 is 15.9 Å². The van der Waals surface area contributed by atoms with Crippen molar-refractivity contribution in [1.29, 1.82) is 0 Å². The molecule has 21 heavy (non-hydrogen) atoms. The molecule has 1 amide bonds. The van der Waals surface area contributed by atoms with Gasteiger partial charge in [0.2, 0.25) is 5.91 Å². The lowest BCUT2D eigenvalue weighted by atomic mass is 10.1. The van der Waals surface area contributed by atoms with Gasteiger partial charge in [-0.25, -0.2) is 4.79 Å². The van der Waals surface area contributed by atoms with Crippen molar-refractivity contribution in [3.63, 3.8) is 0 Å². The molecule has 0 radical (unpaired) electrons. The Morgan fingerprint density at radius 1 is 1.29 bits per heavy atom. The van der Waals surface area contributed by atoms with E-state index in [1.165, 1.54) is 10.8 Å². The van der Waals surface area contributed by atoms with Gasteiger partial charge in [-0.05, 0) is 41.7 Å². The Bertz CT molecular complexity index is 654. The van der Waals surface area contributed by atoms with E-state index in [-0.39, 0.29) is 29.0 Å². The summed E-state index contributed by atoms with van der Waals surface area (Å²) in [6.07, 6.45) is 4.36. The molecule has 2 N–H and O–H groups in total. The predicted octanol–water partition coefficient (Wildman–Crippen LogP) is -0.348. The number of hydrogen-bond donors (Lipinski definition) is 2. The zero-order valence-corrected chi connectivity index (χ0v) is 13.1. The molecule has 2 aliphatic heterocycles. The second kappa shape index (κ2) is 5.76. The fourth-order valence-electron chi connectivity index (χ4n) is 3.22. The van der Waals surface area contributed by atoms with Gasteiger partial charge in [-0.15, -0.1) is 0 Å². The molecular weight excluding hydrogens is 340 g/mol. The van der Waals surface area contributed by atoms with Gasteiger partial charge in [-0.2, -0.15) is 0 Å². The van der Waals surface area contributed by atoms with Crippen LogP contribution in [0.4, 0.5) is 0 Å². The molecule has 3 heterocycles. The Balaban J connectivity index is 1.82.